The van der Waals surface area contributed by atoms with Gasteiger partial charge in [0.15, 0.2) is 5.79 Å². The van der Waals surface area contributed by atoms with E-state index in [-0.39, 0.29) is 5.79 Å². The van der Waals surface area contributed by atoms with Crippen LogP contribution in [0, 0.1) is 5.92 Å². The largest absolute Gasteiger partial charge is 0.348 e. The van der Waals surface area contributed by atoms with Gasteiger partial charge in [0.25, 0.3) is 0 Å². The Kier molecular flexibility index (Phi) is 3.76. The minimum absolute atomic E-state index is 0.221. The highest BCUT2D eigenvalue weighted by atomic mass is 16.7. The molecule has 0 N–H and O–H groups in total. The average Bonchev–Trinajstić information content (AvgIpc) is 2.71. The van der Waals surface area contributed by atoms with Gasteiger partial charge in [-0.25, -0.2) is 0 Å². The van der Waals surface area contributed by atoms with Gasteiger partial charge >= 0.3 is 0 Å². The lowest BCUT2D eigenvalue weighted by Crippen LogP contribution is -2.35. The van der Waals surface area contributed by atoms with Crippen molar-refractivity contribution in [3.05, 3.63) is 0 Å². The van der Waals surface area contributed by atoms with Crippen molar-refractivity contribution in [2.24, 2.45) is 5.92 Å². The summed E-state index contributed by atoms with van der Waals surface area (Å²) >= 11 is 0. The normalized spacial score (nSPS) is 25.9. The summed E-state index contributed by atoms with van der Waals surface area (Å²) in [4.78, 5) is 10.2. The van der Waals surface area contributed by atoms with Crippen LogP contribution in [0.4, 0.5) is 0 Å². The lowest BCUT2D eigenvalue weighted by molar-refractivity contribution is -0.182. The van der Waals surface area contributed by atoms with Crippen LogP contribution >= 0.6 is 0 Å². The summed E-state index contributed by atoms with van der Waals surface area (Å²) in [6, 6.07) is 0. The van der Waals surface area contributed by atoms with Crippen LogP contribution in [0.1, 0.15) is 44.9 Å². The molecule has 0 aromatic heterocycles. The number of carbonyl (C=O) groups is 1. The van der Waals surface area contributed by atoms with E-state index in [9.17, 15) is 4.79 Å². The van der Waals surface area contributed by atoms with Gasteiger partial charge in [0, 0.05) is 19.3 Å². The van der Waals surface area contributed by atoms with Crippen LogP contribution < -0.4 is 0 Å². The van der Waals surface area contributed by atoms with E-state index in [1.165, 1.54) is 19.3 Å². The molecule has 1 saturated carbocycles. The quantitative estimate of drug-likeness (QED) is 0.530. The van der Waals surface area contributed by atoms with E-state index < -0.39 is 0 Å². The number of rotatable bonds is 4. The molecule has 86 valence electrons. The summed E-state index contributed by atoms with van der Waals surface area (Å²) in [6.07, 6.45) is 8.44. The van der Waals surface area contributed by atoms with E-state index in [2.05, 4.69) is 0 Å². The molecular formula is C12H20O3. The van der Waals surface area contributed by atoms with Crippen LogP contribution in [-0.2, 0) is 14.3 Å². The Labute approximate surface area is 91.1 Å². The molecule has 1 saturated heterocycles. The zero-order chi connectivity index (χ0) is 10.6. The summed E-state index contributed by atoms with van der Waals surface area (Å²) in [5.41, 5.74) is 0. The van der Waals surface area contributed by atoms with E-state index in [1.807, 2.05) is 0 Å². The number of aldehydes is 1. The first-order chi connectivity index (χ1) is 7.35. The van der Waals surface area contributed by atoms with Gasteiger partial charge in [-0.2, -0.15) is 0 Å². The third-order valence-corrected chi connectivity index (χ3v) is 3.61. The minimum Gasteiger partial charge on any atom is -0.348 e. The molecule has 0 aromatic carbocycles. The van der Waals surface area contributed by atoms with E-state index >= 15 is 0 Å². The van der Waals surface area contributed by atoms with Crippen molar-refractivity contribution in [3.63, 3.8) is 0 Å². The molecule has 1 spiro atoms. The molecule has 0 atom stereocenters. The van der Waals surface area contributed by atoms with Crippen LogP contribution in [-0.4, -0.2) is 25.3 Å². The topological polar surface area (TPSA) is 35.5 Å². The highest BCUT2D eigenvalue weighted by molar-refractivity contribution is 5.48. The van der Waals surface area contributed by atoms with Crippen LogP contribution in [0.2, 0.25) is 0 Å². The van der Waals surface area contributed by atoms with E-state index in [1.54, 1.807) is 0 Å². The summed E-state index contributed by atoms with van der Waals surface area (Å²) in [7, 11) is 0. The maximum absolute atomic E-state index is 10.2. The lowest BCUT2D eigenvalue weighted by atomic mass is 9.82. The Hall–Kier alpha value is -0.410. The van der Waals surface area contributed by atoms with Gasteiger partial charge in [-0.3, -0.25) is 0 Å². The zero-order valence-corrected chi connectivity index (χ0v) is 9.24. The number of hydrogen-bond acceptors (Lipinski definition) is 3. The second-order valence-electron chi connectivity index (χ2n) is 4.65. The molecule has 1 heterocycles. The van der Waals surface area contributed by atoms with Crippen LogP contribution in [0.5, 0.6) is 0 Å². The van der Waals surface area contributed by atoms with Gasteiger partial charge in [-0.15, -0.1) is 0 Å². The average molecular weight is 212 g/mol. The molecule has 0 amide bonds. The molecular weight excluding hydrogens is 192 g/mol. The molecule has 1 aliphatic carbocycles. The third-order valence-electron chi connectivity index (χ3n) is 3.61. The first-order valence-electron chi connectivity index (χ1n) is 6.06. The molecule has 0 bridgehead atoms. The van der Waals surface area contributed by atoms with Gasteiger partial charge in [0.1, 0.15) is 6.29 Å². The first kappa shape index (κ1) is 11.1. The van der Waals surface area contributed by atoms with Gasteiger partial charge in [0.05, 0.1) is 13.2 Å². The molecule has 15 heavy (non-hydrogen) atoms. The molecule has 3 nitrogen and oxygen atoms in total. The van der Waals surface area contributed by atoms with Crippen LogP contribution in [0.25, 0.3) is 0 Å². The molecule has 2 fully saturated rings. The van der Waals surface area contributed by atoms with Gasteiger partial charge in [0.2, 0.25) is 0 Å². The van der Waals surface area contributed by atoms with Gasteiger partial charge in [-0.05, 0) is 25.2 Å². The summed E-state index contributed by atoms with van der Waals surface area (Å²) < 4.78 is 11.4. The lowest BCUT2D eigenvalue weighted by Gasteiger charge is -2.35. The van der Waals surface area contributed by atoms with Gasteiger partial charge < -0.3 is 14.3 Å². The number of hydrogen-bond donors (Lipinski definition) is 0. The summed E-state index contributed by atoms with van der Waals surface area (Å²) in [6.45, 7) is 1.52. The molecule has 0 radical (unpaired) electrons. The Bertz CT molecular complexity index is 199. The number of carbonyl (C=O) groups excluding carboxylic acids is 1. The summed E-state index contributed by atoms with van der Waals surface area (Å²) in [5.74, 6) is 0.560. The monoisotopic (exact) mass is 212 g/mol. The fourth-order valence-electron chi connectivity index (χ4n) is 2.68. The Morgan fingerprint density at radius 3 is 2.47 bits per heavy atom. The number of ether oxygens (including phenoxy) is 2. The van der Waals surface area contributed by atoms with Crippen molar-refractivity contribution in [1.82, 2.24) is 0 Å². The highest BCUT2D eigenvalue weighted by Gasteiger charge is 2.39. The Morgan fingerprint density at radius 1 is 1.20 bits per heavy atom. The van der Waals surface area contributed by atoms with E-state index in [0.29, 0.717) is 6.42 Å². The predicted octanol–water partition coefficient (Wildman–Crippen LogP) is 2.29. The summed E-state index contributed by atoms with van der Waals surface area (Å²) in [5, 5.41) is 0. The van der Waals surface area contributed by atoms with Crippen molar-refractivity contribution in [2.45, 2.75) is 50.7 Å². The molecule has 0 aromatic rings. The maximum atomic E-state index is 10.2. The molecule has 1 aliphatic heterocycles. The van der Waals surface area contributed by atoms with E-state index in [4.69, 9.17) is 9.47 Å². The second-order valence-corrected chi connectivity index (χ2v) is 4.65. The van der Waals surface area contributed by atoms with Crippen LogP contribution in [0.15, 0.2) is 0 Å². The zero-order valence-electron chi connectivity index (χ0n) is 9.24. The number of unbranched alkanes of at least 4 members (excludes halogenated alkanes) is 1. The van der Waals surface area contributed by atoms with Crippen molar-refractivity contribution >= 4 is 6.29 Å². The van der Waals surface area contributed by atoms with Crippen LogP contribution in [0.3, 0.4) is 0 Å². The smallest absolute Gasteiger partial charge is 0.168 e. The molecule has 2 aliphatic rings. The molecule has 2 rings (SSSR count). The molecule has 3 heteroatoms. The fraction of sp³-hybridized carbons (Fsp3) is 0.917. The molecule has 0 unspecified atom stereocenters. The predicted molar refractivity (Wildman–Crippen MR) is 56.5 cm³/mol. The minimum atomic E-state index is -0.221. The third kappa shape index (κ3) is 2.79. The maximum Gasteiger partial charge on any atom is 0.168 e. The standard InChI is InChI=1S/C12H20O3/c13-8-2-1-3-11-4-6-12(7-5-11)14-9-10-15-12/h8,11H,1-7,9-10H2. The second kappa shape index (κ2) is 5.08. The van der Waals surface area contributed by atoms with Gasteiger partial charge in [-0.1, -0.05) is 6.42 Å². The van der Waals surface area contributed by atoms with Crippen molar-refractivity contribution in [1.29, 1.82) is 0 Å². The highest BCUT2D eigenvalue weighted by Crippen LogP contribution is 2.39. The van der Waals surface area contributed by atoms with Crippen molar-refractivity contribution < 1.29 is 14.3 Å². The van der Waals surface area contributed by atoms with E-state index in [0.717, 1.165) is 44.7 Å². The Morgan fingerprint density at radius 2 is 1.87 bits per heavy atom. The SMILES string of the molecule is O=CCCCC1CCC2(CC1)OCCO2. The van der Waals surface area contributed by atoms with Crippen molar-refractivity contribution in [3.8, 4) is 0 Å². The van der Waals surface area contributed by atoms with Crippen molar-refractivity contribution in [2.75, 3.05) is 13.2 Å². The fourth-order valence-corrected chi connectivity index (χ4v) is 2.68. The Balaban J connectivity index is 1.69. The first-order valence-corrected chi connectivity index (χ1v) is 6.06.